The van der Waals surface area contributed by atoms with Gasteiger partial charge in [-0.2, -0.15) is 0 Å². The van der Waals surface area contributed by atoms with E-state index in [1.807, 2.05) is 115 Å². The van der Waals surface area contributed by atoms with Crippen LogP contribution in [0.15, 0.2) is 127 Å². The van der Waals surface area contributed by atoms with E-state index in [1.54, 1.807) is 7.11 Å². The fraction of sp³-hybridized carbons (Fsp3) is 0.279. The lowest BCUT2D eigenvalue weighted by molar-refractivity contribution is -0.373. The molecule has 7 rings (SSSR count). The SMILES string of the molecule is COC1(c2ccc(Cl)c(Cc3ccc4c(c3)CCO4)c2)OC(C=O)C(OCc2ccccc2)C(OCc2ccccc2)C1OCc1ccccc1. The minimum atomic E-state index is -1.57. The largest absolute Gasteiger partial charge is 0.493 e. The van der Waals surface area contributed by atoms with Crippen molar-refractivity contribution in [2.75, 3.05) is 13.7 Å². The third-order valence-electron chi connectivity index (χ3n) is 9.51. The molecule has 8 heteroatoms. The first kappa shape index (κ1) is 35.1. The van der Waals surface area contributed by atoms with Crippen LogP contribution in [0.3, 0.4) is 0 Å². The molecular weight excluding hydrogens is 664 g/mol. The second-order valence-electron chi connectivity index (χ2n) is 12.9. The van der Waals surface area contributed by atoms with Crippen LogP contribution in [0.2, 0.25) is 5.02 Å². The summed E-state index contributed by atoms with van der Waals surface area (Å²) in [7, 11) is 1.56. The minimum Gasteiger partial charge on any atom is -0.493 e. The third kappa shape index (κ3) is 7.95. The van der Waals surface area contributed by atoms with Crippen LogP contribution in [0.5, 0.6) is 5.75 Å². The highest BCUT2D eigenvalue weighted by Crippen LogP contribution is 2.44. The van der Waals surface area contributed by atoms with E-state index in [4.69, 9.17) is 40.0 Å². The number of rotatable bonds is 14. The summed E-state index contributed by atoms with van der Waals surface area (Å²) < 4.78 is 39.0. The summed E-state index contributed by atoms with van der Waals surface area (Å²) in [5.41, 5.74) is 6.69. The van der Waals surface area contributed by atoms with Crippen LogP contribution in [-0.2, 0) is 66.9 Å². The molecule has 51 heavy (non-hydrogen) atoms. The maximum Gasteiger partial charge on any atom is 0.225 e. The molecule has 0 aliphatic carbocycles. The maximum absolute atomic E-state index is 13.0. The first-order valence-corrected chi connectivity index (χ1v) is 17.6. The molecule has 0 spiro atoms. The molecule has 5 aromatic rings. The average Bonchev–Trinajstić information content (AvgIpc) is 3.65. The zero-order valence-corrected chi connectivity index (χ0v) is 29.2. The molecule has 2 aliphatic heterocycles. The molecule has 2 heterocycles. The van der Waals surface area contributed by atoms with E-state index in [0.29, 0.717) is 23.6 Å². The molecule has 0 bridgehead atoms. The van der Waals surface area contributed by atoms with Gasteiger partial charge in [0.1, 0.15) is 30.2 Å². The van der Waals surface area contributed by atoms with Gasteiger partial charge in [0.05, 0.1) is 26.4 Å². The molecular formula is C43H41ClO7. The number of fused-ring (bicyclic) bond motifs is 1. The Morgan fingerprint density at radius 3 is 1.94 bits per heavy atom. The third-order valence-corrected chi connectivity index (χ3v) is 9.88. The Labute approximate surface area is 304 Å². The van der Waals surface area contributed by atoms with Crippen LogP contribution in [0.1, 0.15) is 38.9 Å². The van der Waals surface area contributed by atoms with E-state index in [0.717, 1.165) is 46.3 Å². The average molecular weight is 705 g/mol. The predicted molar refractivity (Wildman–Crippen MR) is 195 cm³/mol. The quantitative estimate of drug-likeness (QED) is 0.108. The van der Waals surface area contributed by atoms with Gasteiger partial charge in [0, 0.05) is 24.1 Å². The summed E-state index contributed by atoms with van der Waals surface area (Å²) in [6.45, 7) is 1.42. The van der Waals surface area contributed by atoms with Crippen LogP contribution >= 0.6 is 11.6 Å². The van der Waals surface area contributed by atoms with Gasteiger partial charge in [-0.1, -0.05) is 121 Å². The number of hydrogen-bond donors (Lipinski definition) is 0. The van der Waals surface area contributed by atoms with Gasteiger partial charge >= 0.3 is 0 Å². The zero-order chi connectivity index (χ0) is 35.0. The van der Waals surface area contributed by atoms with Gasteiger partial charge in [0.15, 0.2) is 6.29 Å². The summed E-state index contributed by atoms with van der Waals surface area (Å²) in [6.07, 6.45) is -1.34. The van der Waals surface area contributed by atoms with Gasteiger partial charge in [-0.25, -0.2) is 0 Å². The number of methoxy groups -OCH3 is 1. The number of benzene rings is 5. The Bertz CT molecular complexity index is 1890. The van der Waals surface area contributed by atoms with Crippen molar-refractivity contribution in [3.63, 3.8) is 0 Å². The van der Waals surface area contributed by atoms with Crippen molar-refractivity contribution in [1.82, 2.24) is 0 Å². The van der Waals surface area contributed by atoms with E-state index in [2.05, 4.69) is 12.1 Å². The molecule has 0 radical (unpaired) electrons. The molecule has 2 aliphatic rings. The molecule has 5 unspecified atom stereocenters. The molecule has 5 aromatic carbocycles. The van der Waals surface area contributed by atoms with Gasteiger partial charge in [-0.3, -0.25) is 0 Å². The number of aldehydes is 1. The summed E-state index contributed by atoms with van der Waals surface area (Å²) in [5, 5.41) is 0.604. The first-order chi connectivity index (χ1) is 25.1. The van der Waals surface area contributed by atoms with Crippen LogP contribution in [-0.4, -0.2) is 44.4 Å². The van der Waals surface area contributed by atoms with E-state index in [9.17, 15) is 4.79 Å². The highest BCUT2D eigenvalue weighted by molar-refractivity contribution is 6.31. The van der Waals surface area contributed by atoms with E-state index in [-0.39, 0.29) is 19.8 Å². The second-order valence-corrected chi connectivity index (χ2v) is 13.3. The topological polar surface area (TPSA) is 72.5 Å². The lowest BCUT2D eigenvalue weighted by Gasteiger charge is -2.51. The van der Waals surface area contributed by atoms with Gasteiger partial charge in [-0.15, -0.1) is 0 Å². The zero-order valence-electron chi connectivity index (χ0n) is 28.5. The van der Waals surface area contributed by atoms with E-state index in [1.165, 1.54) is 5.56 Å². The molecule has 0 amide bonds. The van der Waals surface area contributed by atoms with Crippen molar-refractivity contribution >= 4 is 17.9 Å². The molecule has 5 atom stereocenters. The highest BCUT2D eigenvalue weighted by Gasteiger charge is 2.58. The van der Waals surface area contributed by atoms with E-state index >= 15 is 0 Å². The Balaban J connectivity index is 1.29. The smallest absolute Gasteiger partial charge is 0.225 e. The highest BCUT2D eigenvalue weighted by atomic mass is 35.5. The number of ether oxygens (including phenoxy) is 6. The molecule has 7 nitrogen and oxygen atoms in total. The number of carbonyl (C=O) groups excluding carboxylic acids is 1. The van der Waals surface area contributed by atoms with Crippen molar-refractivity contribution in [3.8, 4) is 5.75 Å². The number of halogens is 1. The summed E-state index contributed by atoms with van der Waals surface area (Å²) in [5.74, 6) is -0.643. The van der Waals surface area contributed by atoms with E-state index < -0.39 is 30.2 Å². The lowest BCUT2D eigenvalue weighted by atomic mass is 9.86. The maximum atomic E-state index is 13.0. The number of carbonyl (C=O) groups is 1. The molecule has 1 saturated heterocycles. The van der Waals surface area contributed by atoms with Crippen molar-refractivity contribution < 1.29 is 33.2 Å². The summed E-state index contributed by atoms with van der Waals surface area (Å²) >= 11 is 6.85. The molecule has 1 fully saturated rings. The fourth-order valence-electron chi connectivity index (χ4n) is 6.90. The Kier molecular flexibility index (Phi) is 11.2. The standard InChI is InChI=1S/C43H41ClO7/c1-46-43(36-18-19-37(44)35(25-36)24-33-17-20-38-34(23-33)21-22-47-38)42(50-29-32-15-9-4-10-16-32)41(49-28-31-13-7-3-8-14-31)40(39(26-45)51-43)48-27-30-11-5-2-6-12-30/h2-20,23,25-26,39-42H,21-22,24,27-29H2,1H3. The summed E-state index contributed by atoms with van der Waals surface area (Å²) in [4.78, 5) is 13.0. The molecule has 0 aromatic heterocycles. The van der Waals surface area contributed by atoms with Crippen molar-refractivity contribution in [1.29, 1.82) is 0 Å². The first-order valence-electron chi connectivity index (χ1n) is 17.2. The Hall–Kier alpha value is -4.34. The molecule has 262 valence electrons. The summed E-state index contributed by atoms with van der Waals surface area (Å²) in [6, 6.07) is 41.5. The van der Waals surface area contributed by atoms with Crippen molar-refractivity contribution in [2.24, 2.45) is 0 Å². The fourth-order valence-corrected chi connectivity index (χ4v) is 7.08. The van der Waals surface area contributed by atoms with Crippen LogP contribution in [0.4, 0.5) is 0 Å². The van der Waals surface area contributed by atoms with Crippen LogP contribution < -0.4 is 4.74 Å². The lowest BCUT2D eigenvalue weighted by Crippen LogP contribution is -2.65. The Morgan fingerprint density at radius 2 is 1.33 bits per heavy atom. The van der Waals surface area contributed by atoms with Crippen molar-refractivity contribution in [2.45, 2.75) is 62.9 Å². The predicted octanol–water partition coefficient (Wildman–Crippen LogP) is 8.02. The minimum absolute atomic E-state index is 0.236. The molecule has 0 saturated carbocycles. The van der Waals surface area contributed by atoms with Gasteiger partial charge in [-0.05, 0) is 58.0 Å². The van der Waals surface area contributed by atoms with Crippen LogP contribution in [0.25, 0.3) is 0 Å². The number of hydrogen-bond acceptors (Lipinski definition) is 7. The monoisotopic (exact) mass is 704 g/mol. The second kappa shape index (κ2) is 16.3. The van der Waals surface area contributed by atoms with Gasteiger partial charge in [0.2, 0.25) is 5.79 Å². The Morgan fingerprint density at radius 1 is 0.725 bits per heavy atom. The van der Waals surface area contributed by atoms with Gasteiger partial charge in [0.25, 0.3) is 0 Å². The molecule has 0 N–H and O–H groups in total. The normalized spacial score (nSPS) is 22.6. The van der Waals surface area contributed by atoms with Crippen molar-refractivity contribution in [3.05, 3.63) is 171 Å². The van der Waals surface area contributed by atoms with Crippen LogP contribution in [0, 0.1) is 0 Å². The van der Waals surface area contributed by atoms with Gasteiger partial charge < -0.3 is 33.2 Å².